The van der Waals surface area contributed by atoms with Gasteiger partial charge in [-0.15, -0.1) is 0 Å². The molecule has 0 bridgehead atoms. The van der Waals surface area contributed by atoms with Gasteiger partial charge in [0, 0.05) is 17.5 Å². The zero-order valence-corrected chi connectivity index (χ0v) is 16.6. The molecule has 2 nitrogen and oxygen atoms in total. The van der Waals surface area contributed by atoms with Crippen molar-refractivity contribution in [1.29, 1.82) is 0 Å². The van der Waals surface area contributed by atoms with Gasteiger partial charge >= 0.3 is 0 Å². The standard InChI is InChI=1S/C23H29FO2/c1-14(2)9-21(25)17-11-16(19-8-7-15(3)10-20(19)24)12-18(13-17)22(26)23(4,5)6/h7-8,10-14,22,26H,9H2,1-6H3. The molecule has 26 heavy (non-hydrogen) atoms. The van der Waals surface area contributed by atoms with E-state index in [-0.39, 0.29) is 22.9 Å². The molecule has 3 heteroatoms. The lowest BCUT2D eigenvalue weighted by atomic mass is 9.82. The van der Waals surface area contributed by atoms with E-state index in [1.54, 1.807) is 24.3 Å². The molecule has 1 atom stereocenters. The van der Waals surface area contributed by atoms with E-state index in [1.165, 1.54) is 6.07 Å². The smallest absolute Gasteiger partial charge is 0.163 e. The monoisotopic (exact) mass is 356 g/mol. The van der Waals surface area contributed by atoms with Crippen LogP contribution in [0.2, 0.25) is 0 Å². The summed E-state index contributed by atoms with van der Waals surface area (Å²) in [5, 5.41) is 10.7. The van der Waals surface area contributed by atoms with Crippen molar-refractivity contribution < 1.29 is 14.3 Å². The molecule has 0 radical (unpaired) electrons. The van der Waals surface area contributed by atoms with Gasteiger partial charge in [0.25, 0.3) is 0 Å². The Morgan fingerprint density at radius 2 is 1.77 bits per heavy atom. The number of rotatable bonds is 5. The molecular weight excluding hydrogens is 327 g/mol. The second-order valence-corrected chi connectivity index (χ2v) is 8.62. The molecule has 0 fully saturated rings. The molecule has 0 aromatic heterocycles. The Kier molecular flexibility index (Phi) is 6.02. The van der Waals surface area contributed by atoms with Gasteiger partial charge in [-0.3, -0.25) is 4.79 Å². The Morgan fingerprint density at radius 3 is 2.31 bits per heavy atom. The molecule has 140 valence electrons. The molecule has 0 spiro atoms. The molecule has 1 unspecified atom stereocenters. The molecule has 0 heterocycles. The Bertz CT molecular complexity index is 800. The van der Waals surface area contributed by atoms with Crippen molar-refractivity contribution in [2.24, 2.45) is 11.3 Å². The van der Waals surface area contributed by atoms with Gasteiger partial charge < -0.3 is 5.11 Å². The van der Waals surface area contributed by atoms with E-state index < -0.39 is 6.10 Å². The first kappa shape index (κ1) is 20.3. The van der Waals surface area contributed by atoms with E-state index in [2.05, 4.69) is 0 Å². The minimum Gasteiger partial charge on any atom is -0.388 e. The number of Topliss-reactive ketones (excluding diaryl/α,β-unsaturated/α-hetero) is 1. The quantitative estimate of drug-likeness (QED) is 0.656. The number of ketones is 1. The molecule has 0 amide bonds. The zero-order valence-electron chi connectivity index (χ0n) is 16.6. The van der Waals surface area contributed by atoms with Crippen LogP contribution in [0.25, 0.3) is 11.1 Å². The number of hydrogen-bond acceptors (Lipinski definition) is 2. The SMILES string of the molecule is Cc1ccc(-c2cc(C(=O)CC(C)C)cc(C(O)C(C)(C)C)c2)c(F)c1. The summed E-state index contributed by atoms with van der Waals surface area (Å²) >= 11 is 0. The lowest BCUT2D eigenvalue weighted by Gasteiger charge is -2.27. The van der Waals surface area contributed by atoms with Crippen molar-refractivity contribution >= 4 is 5.78 Å². The highest BCUT2D eigenvalue weighted by Gasteiger charge is 2.25. The van der Waals surface area contributed by atoms with E-state index in [1.807, 2.05) is 47.6 Å². The number of hydrogen-bond donors (Lipinski definition) is 1. The maximum absolute atomic E-state index is 14.5. The van der Waals surface area contributed by atoms with E-state index in [4.69, 9.17) is 0 Å². The number of carbonyl (C=O) groups is 1. The Hall–Kier alpha value is -2.00. The fourth-order valence-corrected chi connectivity index (χ4v) is 2.97. The Balaban J connectivity index is 2.62. The molecule has 1 N–H and O–H groups in total. The molecule has 0 aliphatic carbocycles. The number of aliphatic hydroxyl groups is 1. The van der Waals surface area contributed by atoms with Crippen LogP contribution >= 0.6 is 0 Å². The number of carbonyl (C=O) groups excluding carboxylic acids is 1. The van der Waals surface area contributed by atoms with Gasteiger partial charge in [0.05, 0.1) is 6.10 Å². The van der Waals surface area contributed by atoms with Gasteiger partial charge in [-0.25, -0.2) is 4.39 Å². The van der Waals surface area contributed by atoms with Crippen molar-refractivity contribution in [3.63, 3.8) is 0 Å². The first-order valence-corrected chi connectivity index (χ1v) is 9.12. The van der Waals surface area contributed by atoms with Crippen LogP contribution in [-0.4, -0.2) is 10.9 Å². The molecule has 2 rings (SSSR count). The first-order valence-electron chi connectivity index (χ1n) is 9.12. The zero-order chi connectivity index (χ0) is 19.6. The van der Waals surface area contributed by atoms with Crippen LogP contribution in [0, 0.1) is 24.1 Å². The molecule has 0 saturated heterocycles. The predicted molar refractivity (Wildman–Crippen MR) is 105 cm³/mol. The summed E-state index contributed by atoms with van der Waals surface area (Å²) in [5.74, 6) is -0.0790. The average molecular weight is 356 g/mol. The van der Waals surface area contributed by atoms with Crippen molar-refractivity contribution in [3.05, 3.63) is 58.9 Å². The third kappa shape index (κ3) is 4.79. The fourth-order valence-electron chi connectivity index (χ4n) is 2.97. The van der Waals surface area contributed by atoms with E-state index in [9.17, 15) is 14.3 Å². The molecule has 0 aliphatic heterocycles. The van der Waals surface area contributed by atoms with Crippen molar-refractivity contribution in [2.75, 3.05) is 0 Å². The first-order chi connectivity index (χ1) is 12.0. The average Bonchev–Trinajstić information content (AvgIpc) is 2.52. The van der Waals surface area contributed by atoms with Crippen LogP contribution in [0.5, 0.6) is 0 Å². The summed E-state index contributed by atoms with van der Waals surface area (Å²) in [5.41, 5.74) is 2.68. The number of aliphatic hydroxyl groups excluding tert-OH is 1. The predicted octanol–water partition coefficient (Wildman–Crippen LogP) is 6.11. The van der Waals surface area contributed by atoms with Crippen LogP contribution < -0.4 is 0 Å². The second kappa shape index (κ2) is 7.71. The maximum atomic E-state index is 14.5. The van der Waals surface area contributed by atoms with Crippen LogP contribution in [0.3, 0.4) is 0 Å². The van der Waals surface area contributed by atoms with Gasteiger partial charge in [-0.1, -0.05) is 46.8 Å². The molecule has 2 aromatic rings. The van der Waals surface area contributed by atoms with Crippen molar-refractivity contribution in [1.82, 2.24) is 0 Å². The van der Waals surface area contributed by atoms with Crippen LogP contribution in [0.1, 0.15) is 68.6 Å². The van der Waals surface area contributed by atoms with Crippen molar-refractivity contribution in [2.45, 2.75) is 54.1 Å². The second-order valence-electron chi connectivity index (χ2n) is 8.62. The van der Waals surface area contributed by atoms with E-state index in [0.717, 1.165) is 5.56 Å². The highest BCUT2D eigenvalue weighted by molar-refractivity contribution is 5.97. The largest absolute Gasteiger partial charge is 0.388 e. The fraction of sp³-hybridized carbons (Fsp3) is 0.435. The van der Waals surface area contributed by atoms with Crippen molar-refractivity contribution in [3.8, 4) is 11.1 Å². The minimum atomic E-state index is -0.749. The summed E-state index contributed by atoms with van der Waals surface area (Å²) in [6.45, 7) is 11.6. The van der Waals surface area contributed by atoms with Crippen LogP contribution in [-0.2, 0) is 0 Å². The Morgan fingerprint density at radius 1 is 1.12 bits per heavy atom. The van der Waals surface area contributed by atoms with Gasteiger partial charge in [-0.05, 0) is 59.2 Å². The van der Waals surface area contributed by atoms with Gasteiger partial charge in [0.15, 0.2) is 5.78 Å². The van der Waals surface area contributed by atoms with Gasteiger partial charge in [0.1, 0.15) is 5.82 Å². The highest BCUT2D eigenvalue weighted by atomic mass is 19.1. The normalized spacial score (nSPS) is 13.1. The molecular formula is C23H29FO2. The third-order valence-corrected chi connectivity index (χ3v) is 4.44. The minimum absolute atomic E-state index is 0.0109. The summed E-state index contributed by atoms with van der Waals surface area (Å²) in [6, 6.07) is 10.3. The summed E-state index contributed by atoms with van der Waals surface area (Å²) < 4.78 is 14.5. The molecule has 0 saturated carbocycles. The maximum Gasteiger partial charge on any atom is 0.163 e. The summed E-state index contributed by atoms with van der Waals surface area (Å²) in [4.78, 5) is 12.6. The lowest BCUT2D eigenvalue weighted by molar-refractivity contribution is 0.0626. The summed E-state index contributed by atoms with van der Waals surface area (Å²) in [6.07, 6.45) is -0.327. The molecule has 0 aliphatic rings. The van der Waals surface area contributed by atoms with E-state index in [0.29, 0.717) is 28.7 Å². The number of aryl methyl sites for hydroxylation is 1. The Labute approximate surface area is 156 Å². The van der Waals surface area contributed by atoms with E-state index >= 15 is 0 Å². The molecule has 2 aromatic carbocycles. The number of benzene rings is 2. The summed E-state index contributed by atoms with van der Waals surface area (Å²) in [7, 11) is 0. The highest BCUT2D eigenvalue weighted by Crippen LogP contribution is 2.36. The lowest BCUT2D eigenvalue weighted by Crippen LogP contribution is -2.18. The van der Waals surface area contributed by atoms with Crippen LogP contribution in [0.15, 0.2) is 36.4 Å². The van der Waals surface area contributed by atoms with Crippen LogP contribution in [0.4, 0.5) is 4.39 Å². The number of halogens is 1. The topological polar surface area (TPSA) is 37.3 Å². The van der Waals surface area contributed by atoms with Gasteiger partial charge in [0.2, 0.25) is 0 Å². The van der Waals surface area contributed by atoms with Gasteiger partial charge in [-0.2, -0.15) is 0 Å². The third-order valence-electron chi connectivity index (χ3n) is 4.44.